The zero-order chi connectivity index (χ0) is 13.6. The van der Waals surface area contributed by atoms with Crippen molar-refractivity contribution in [3.8, 4) is 0 Å². The SMILES string of the molecule is CCCC1CC1NC(=O)N1C2CCC1C(C(=O)O)C2. The van der Waals surface area contributed by atoms with Crippen LogP contribution in [0.5, 0.6) is 0 Å². The van der Waals surface area contributed by atoms with Crippen LogP contribution in [0.15, 0.2) is 0 Å². The fraction of sp³-hybridized carbons (Fsp3) is 0.857. The van der Waals surface area contributed by atoms with Gasteiger partial charge < -0.3 is 15.3 Å². The Hall–Kier alpha value is -1.26. The molecule has 3 fully saturated rings. The van der Waals surface area contributed by atoms with Gasteiger partial charge >= 0.3 is 12.0 Å². The first kappa shape index (κ1) is 12.8. The number of hydrogen-bond acceptors (Lipinski definition) is 2. The van der Waals surface area contributed by atoms with Gasteiger partial charge in [-0.25, -0.2) is 4.79 Å². The molecule has 2 saturated heterocycles. The molecule has 5 unspecified atom stereocenters. The minimum atomic E-state index is -0.750. The predicted molar refractivity (Wildman–Crippen MR) is 69.7 cm³/mol. The van der Waals surface area contributed by atoms with Crippen molar-refractivity contribution in [3.63, 3.8) is 0 Å². The number of hydrogen-bond donors (Lipinski definition) is 2. The van der Waals surface area contributed by atoms with E-state index in [0.29, 0.717) is 18.4 Å². The molecule has 5 heteroatoms. The van der Waals surface area contributed by atoms with Crippen molar-refractivity contribution < 1.29 is 14.7 Å². The number of nitrogens with one attached hydrogen (secondary N) is 1. The van der Waals surface area contributed by atoms with Crippen LogP contribution in [0.25, 0.3) is 0 Å². The Morgan fingerprint density at radius 1 is 1.32 bits per heavy atom. The highest BCUT2D eigenvalue weighted by Crippen LogP contribution is 2.42. The Kier molecular flexibility index (Phi) is 3.15. The van der Waals surface area contributed by atoms with E-state index in [1.807, 2.05) is 4.90 Å². The van der Waals surface area contributed by atoms with Crippen molar-refractivity contribution >= 4 is 12.0 Å². The number of amides is 2. The third-order valence-electron chi connectivity index (χ3n) is 4.98. The van der Waals surface area contributed by atoms with E-state index in [0.717, 1.165) is 25.7 Å². The number of aliphatic carboxylic acids is 1. The van der Waals surface area contributed by atoms with Crippen LogP contribution in [-0.4, -0.2) is 40.1 Å². The Labute approximate surface area is 113 Å². The van der Waals surface area contributed by atoms with Gasteiger partial charge in [0.2, 0.25) is 0 Å². The first-order valence-electron chi connectivity index (χ1n) is 7.43. The van der Waals surface area contributed by atoms with E-state index in [1.165, 1.54) is 6.42 Å². The molecular weight excluding hydrogens is 244 g/mol. The summed E-state index contributed by atoms with van der Waals surface area (Å²) in [6.07, 6.45) is 5.87. The summed E-state index contributed by atoms with van der Waals surface area (Å²) in [6.45, 7) is 2.16. The number of carbonyl (C=O) groups excluding carboxylic acids is 1. The van der Waals surface area contributed by atoms with Gasteiger partial charge in [-0.15, -0.1) is 0 Å². The van der Waals surface area contributed by atoms with E-state index >= 15 is 0 Å². The Balaban J connectivity index is 1.58. The van der Waals surface area contributed by atoms with Gasteiger partial charge in [-0.3, -0.25) is 4.79 Å². The van der Waals surface area contributed by atoms with Gasteiger partial charge in [-0.05, 0) is 38.0 Å². The average molecular weight is 266 g/mol. The molecule has 3 rings (SSSR count). The molecule has 0 aromatic carbocycles. The molecule has 2 heterocycles. The smallest absolute Gasteiger partial charge is 0.318 e. The lowest BCUT2D eigenvalue weighted by Crippen LogP contribution is -2.45. The average Bonchev–Trinajstić information content (AvgIpc) is 2.86. The van der Waals surface area contributed by atoms with E-state index in [4.69, 9.17) is 0 Å². The van der Waals surface area contributed by atoms with Crippen molar-refractivity contribution in [1.82, 2.24) is 10.2 Å². The van der Waals surface area contributed by atoms with Gasteiger partial charge in [0.1, 0.15) is 0 Å². The fourth-order valence-electron chi connectivity index (χ4n) is 3.92. The predicted octanol–water partition coefficient (Wildman–Crippen LogP) is 1.82. The summed E-state index contributed by atoms with van der Waals surface area (Å²) in [4.78, 5) is 25.3. The molecule has 2 aliphatic heterocycles. The second-order valence-electron chi connectivity index (χ2n) is 6.23. The maximum atomic E-state index is 12.3. The van der Waals surface area contributed by atoms with Crippen molar-refractivity contribution in [1.29, 1.82) is 0 Å². The van der Waals surface area contributed by atoms with Gasteiger partial charge in [0.25, 0.3) is 0 Å². The van der Waals surface area contributed by atoms with Crippen LogP contribution in [0.2, 0.25) is 0 Å². The van der Waals surface area contributed by atoms with Crippen molar-refractivity contribution in [2.45, 2.75) is 63.6 Å². The Morgan fingerprint density at radius 3 is 2.74 bits per heavy atom. The van der Waals surface area contributed by atoms with Gasteiger partial charge in [-0.2, -0.15) is 0 Å². The van der Waals surface area contributed by atoms with E-state index in [2.05, 4.69) is 12.2 Å². The summed E-state index contributed by atoms with van der Waals surface area (Å²) >= 11 is 0. The van der Waals surface area contributed by atoms with E-state index in [-0.39, 0.29) is 24.0 Å². The van der Waals surface area contributed by atoms with Gasteiger partial charge in [-0.1, -0.05) is 13.3 Å². The second-order valence-corrected chi connectivity index (χ2v) is 6.23. The quantitative estimate of drug-likeness (QED) is 0.815. The number of carbonyl (C=O) groups is 2. The van der Waals surface area contributed by atoms with Crippen LogP contribution >= 0.6 is 0 Å². The molecule has 5 atom stereocenters. The standard InChI is InChI=1S/C14H22N2O3/c1-2-3-8-6-11(8)15-14(19)16-9-4-5-12(16)10(7-9)13(17)18/h8-12H,2-7H2,1H3,(H,15,19)(H,17,18). The molecule has 106 valence electrons. The Morgan fingerprint density at radius 2 is 2.11 bits per heavy atom. The number of carboxylic acids is 1. The summed E-state index contributed by atoms with van der Waals surface area (Å²) in [6, 6.07) is 0.371. The molecule has 0 spiro atoms. The van der Waals surface area contributed by atoms with Crippen LogP contribution in [0.4, 0.5) is 4.79 Å². The first-order chi connectivity index (χ1) is 9.11. The number of nitrogens with zero attached hydrogens (tertiary/aromatic N) is 1. The molecule has 0 aromatic heterocycles. The third kappa shape index (κ3) is 2.19. The van der Waals surface area contributed by atoms with Gasteiger partial charge in [0, 0.05) is 18.1 Å². The Bertz CT molecular complexity index is 398. The lowest BCUT2D eigenvalue weighted by atomic mass is 9.89. The highest BCUT2D eigenvalue weighted by atomic mass is 16.4. The van der Waals surface area contributed by atoms with E-state index in [9.17, 15) is 14.7 Å². The first-order valence-corrected chi connectivity index (χ1v) is 7.43. The van der Waals surface area contributed by atoms with Crippen molar-refractivity contribution in [3.05, 3.63) is 0 Å². The molecule has 2 N–H and O–H groups in total. The summed E-state index contributed by atoms with van der Waals surface area (Å²) in [5.74, 6) is -0.458. The molecular formula is C14H22N2O3. The molecule has 1 aliphatic carbocycles. The zero-order valence-electron chi connectivity index (χ0n) is 11.3. The summed E-state index contributed by atoms with van der Waals surface area (Å²) in [5, 5.41) is 12.3. The maximum absolute atomic E-state index is 12.3. The minimum Gasteiger partial charge on any atom is -0.481 e. The number of urea groups is 1. The highest BCUT2D eigenvalue weighted by molar-refractivity contribution is 5.79. The molecule has 0 radical (unpaired) electrons. The summed E-state index contributed by atoms with van der Waals surface area (Å²) < 4.78 is 0. The largest absolute Gasteiger partial charge is 0.481 e. The molecule has 5 nitrogen and oxygen atoms in total. The van der Waals surface area contributed by atoms with Crippen LogP contribution in [0.3, 0.4) is 0 Å². The van der Waals surface area contributed by atoms with Crippen LogP contribution < -0.4 is 5.32 Å². The van der Waals surface area contributed by atoms with Crippen molar-refractivity contribution in [2.75, 3.05) is 0 Å². The van der Waals surface area contributed by atoms with Crippen LogP contribution in [-0.2, 0) is 4.79 Å². The number of fused-ring (bicyclic) bond motifs is 2. The van der Waals surface area contributed by atoms with Gasteiger partial charge in [0.15, 0.2) is 0 Å². The van der Waals surface area contributed by atoms with E-state index in [1.54, 1.807) is 0 Å². The second kappa shape index (κ2) is 4.69. The normalized spacial score (nSPS) is 39.4. The monoisotopic (exact) mass is 266 g/mol. The summed E-state index contributed by atoms with van der Waals surface area (Å²) in [5.41, 5.74) is 0. The van der Waals surface area contributed by atoms with E-state index < -0.39 is 5.97 Å². The topological polar surface area (TPSA) is 69.6 Å². The van der Waals surface area contributed by atoms with Crippen molar-refractivity contribution in [2.24, 2.45) is 11.8 Å². The maximum Gasteiger partial charge on any atom is 0.318 e. The molecule has 3 aliphatic rings. The van der Waals surface area contributed by atoms with Crippen LogP contribution in [0.1, 0.15) is 45.4 Å². The lowest BCUT2D eigenvalue weighted by molar-refractivity contribution is -0.142. The van der Waals surface area contributed by atoms with Crippen LogP contribution in [0, 0.1) is 11.8 Å². The number of carboxylic acid groups (broad SMARTS) is 1. The fourth-order valence-corrected chi connectivity index (χ4v) is 3.92. The molecule has 19 heavy (non-hydrogen) atoms. The summed E-state index contributed by atoms with van der Waals surface area (Å²) in [7, 11) is 0. The lowest BCUT2D eigenvalue weighted by Gasteiger charge is -2.23. The van der Waals surface area contributed by atoms with Gasteiger partial charge in [0.05, 0.1) is 5.92 Å². The number of rotatable bonds is 4. The third-order valence-corrected chi connectivity index (χ3v) is 4.98. The molecule has 2 bridgehead atoms. The molecule has 2 amide bonds. The zero-order valence-corrected chi connectivity index (χ0v) is 11.3. The highest BCUT2D eigenvalue weighted by Gasteiger charge is 2.52. The molecule has 0 aromatic rings. The molecule has 1 saturated carbocycles. The minimum absolute atomic E-state index is 0.0279.